The van der Waals surface area contributed by atoms with Gasteiger partial charge in [-0.05, 0) is 12.1 Å². The Balaban J connectivity index is 1.92. The van der Waals surface area contributed by atoms with Crippen LogP contribution in [0.4, 0.5) is 0 Å². The summed E-state index contributed by atoms with van der Waals surface area (Å²) in [6.07, 6.45) is -1.68. The van der Waals surface area contributed by atoms with Crippen LogP contribution in [0.25, 0.3) is 0 Å². The Morgan fingerprint density at radius 2 is 1.87 bits per heavy atom. The monoisotopic (exact) mass is 207 g/mol. The van der Waals surface area contributed by atoms with Gasteiger partial charge in [-0.25, -0.2) is 4.79 Å². The van der Waals surface area contributed by atoms with Crippen LogP contribution >= 0.6 is 0 Å². The molecule has 0 aromatic heterocycles. The molecule has 0 aliphatic carbocycles. The van der Waals surface area contributed by atoms with Crippen LogP contribution in [0.15, 0.2) is 30.3 Å². The quantitative estimate of drug-likeness (QED) is 0.424. The Morgan fingerprint density at radius 3 is 2.40 bits per heavy atom. The van der Waals surface area contributed by atoms with Gasteiger partial charge in [-0.3, -0.25) is 4.79 Å². The van der Waals surface area contributed by atoms with Crippen LogP contribution in [-0.4, -0.2) is 24.1 Å². The second-order valence-corrected chi connectivity index (χ2v) is 3.11. The van der Waals surface area contributed by atoms with Crippen LogP contribution in [0.3, 0.4) is 0 Å². The lowest BCUT2D eigenvalue weighted by Crippen LogP contribution is -2.25. The number of hydrogen-bond donors (Lipinski definition) is 1. The second-order valence-electron chi connectivity index (χ2n) is 3.11. The van der Waals surface area contributed by atoms with Crippen LogP contribution in [0.5, 0.6) is 5.75 Å². The molecule has 1 fully saturated rings. The van der Waals surface area contributed by atoms with E-state index in [0.717, 1.165) is 0 Å². The number of esters is 1. The topological polar surface area (TPSA) is 81.9 Å². The SMILES string of the molecule is NC(=O)C1OC1C(=O)Oc1ccccc1. The van der Waals surface area contributed by atoms with E-state index in [9.17, 15) is 9.59 Å². The van der Waals surface area contributed by atoms with E-state index in [1.165, 1.54) is 0 Å². The molecule has 1 aromatic rings. The maximum Gasteiger partial charge on any atom is 0.344 e. The number of carbonyl (C=O) groups excluding carboxylic acids is 2. The fourth-order valence-corrected chi connectivity index (χ4v) is 1.17. The van der Waals surface area contributed by atoms with Gasteiger partial charge in [-0.2, -0.15) is 0 Å². The number of epoxide rings is 1. The van der Waals surface area contributed by atoms with E-state index < -0.39 is 24.1 Å². The van der Waals surface area contributed by atoms with Gasteiger partial charge in [0, 0.05) is 0 Å². The summed E-state index contributed by atoms with van der Waals surface area (Å²) < 4.78 is 9.71. The first kappa shape index (κ1) is 9.67. The molecule has 0 bridgehead atoms. The number of carbonyl (C=O) groups is 2. The van der Waals surface area contributed by atoms with Gasteiger partial charge in [0.2, 0.25) is 5.91 Å². The third kappa shape index (κ3) is 2.13. The standard InChI is InChI=1S/C10H9NO4/c11-9(12)7-8(15-7)10(13)14-6-4-2-1-3-5-6/h1-5,7-8H,(H2,11,12). The Bertz CT molecular complexity index is 390. The molecule has 1 amide bonds. The van der Waals surface area contributed by atoms with Crippen molar-refractivity contribution in [2.75, 3.05) is 0 Å². The normalized spacial score (nSPS) is 23.2. The Hall–Kier alpha value is -1.88. The van der Waals surface area contributed by atoms with E-state index in [1.807, 2.05) is 0 Å². The molecule has 5 nitrogen and oxygen atoms in total. The van der Waals surface area contributed by atoms with E-state index in [1.54, 1.807) is 30.3 Å². The summed E-state index contributed by atoms with van der Waals surface area (Å²) in [5.74, 6) is -0.823. The van der Waals surface area contributed by atoms with Crippen molar-refractivity contribution in [1.82, 2.24) is 0 Å². The van der Waals surface area contributed by atoms with Gasteiger partial charge in [-0.1, -0.05) is 18.2 Å². The molecule has 2 unspecified atom stereocenters. The van der Waals surface area contributed by atoms with Crippen molar-refractivity contribution in [3.05, 3.63) is 30.3 Å². The maximum absolute atomic E-state index is 11.3. The van der Waals surface area contributed by atoms with Crippen LogP contribution < -0.4 is 10.5 Å². The first-order chi connectivity index (χ1) is 7.18. The average Bonchev–Trinajstić information content (AvgIpc) is 2.98. The van der Waals surface area contributed by atoms with Crippen molar-refractivity contribution in [2.24, 2.45) is 5.73 Å². The summed E-state index contributed by atoms with van der Waals surface area (Å²) in [6.45, 7) is 0. The fraction of sp³-hybridized carbons (Fsp3) is 0.200. The summed E-state index contributed by atoms with van der Waals surface area (Å²) in [4.78, 5) is 22.0. The Morgan fingerprint density at radius 1 is 1.20 bits per heavy atom. The van der Waals surface area contributed by atoms with E-state index in [-0.39, 0.29) is 0 Å². The van der Waals surface area contributed by atoms with Gasteiger partial charge in [0.1, 0.15) is 5.75 Å². The predicted molar refractivity (Wildman–Crippen MR) is 49.9 cm³/mol. The number of ether oxygens (including phenoxy) is 2. The molecule has 1 aliphatic heterocycles. The molecule has 1 saturated heterocycles. The molecule has 1 heterocycles. The van der Waals surface area contributed by atoms with Gasteiger partial charge in [0.05, 0.1) is 0 Å². The number of nitrogens with two attached hydrogens (primary N) is 1. The highest BCUT2D eigenvalue weighted by Gasteiger charge is 2.50. The van der Waals surface area contributed by atoms with Crippen LogP contribution in [0.2, 0.25) is 0 Å². The minimum Gasteiger partial charge on any atom is -0.425 e. The average molecular weight is 207 g/mol. The summed E-state index contributed by atoms with van der Waals surface area (Å²) in [5.41, 5.74) is 4.95. The number of hydrogen-bond acceptors (Lipinski definition) is 4. The summed E-state index contributed by atoms with van der Waals surface area (Å²) >= 11 is 0. The molecule has 1 aromatic carbocycles. The minimum absolute atomic E-state index is 0.418. The lowest BCUT2D eigenvalue weighted by molar-refractivity contribution is -0.136. The lowest BCUT2D eigenvalue weighted by Gasteiger charge is -2.00. The number of amides is 1. The van der Waals surface area contributed by atoms with Gasteiger partial charge in [0.25, 0.3) is 0 Å². The third-order valence-corrected chi connectivity index (χ3v) is 1.97. The maximum atomic E-state index is 11.3. The highest BCUT2D eigenvalue weighted by atomic mass is 16.6. The highest BCUT2D eigenvalue weighted by molar-refractivity contribution is 5.92. The molecule has 2 N–H and O–H groups in total. The van der Waals surface area contributed by atoms with Crippen molar-refractivity contribution in [3.63, 3.8) is 0 Å². The molecule has 2 rings (SSSR count). The molecule has 5 heteroatoms. The van der Waals surface area contributed by atoms with Crippen molar-refractivity contribution >= 4 is 11.9 Å². The molecule has 2 atom stereocenters. The van der Waals surface area contributed by atoms with Crippen LogP contribution in [0, 0.1) is 0 Å². The van der Waals surface area contributed by atoms with Crippen LogP contribution in [-0.2, 0) is 14.3 Å². The molecular weight excluding hydrogens is 198 g/mol. The smallest absolute Gasteiger partial charge is 0.344 e. The molecule has 1 aliphatic rings. The zero-order chi connectivity index (χ0) is 10.8. The van der Waals surface area contributed by atoms with Crippen LogP contribution in [0.1, 0.15) is 0 Å². The Labute approximate surface area is 85.8 Å². The van der Waals surface area contributed by atoms with Crippen molar-refractivity contribution in [2.45, 2.75) is 12.2 Å². The second kappa shape index (κ2) is 3.70. The molecular formula is C10H9NO4. The van der Waals surface area contributed by atoms with E-state index in [2.05, 4.69) is 0 Å². The summed E-state index contributed by atoms with van der Waals surface area (Å²) in [6, 6.07) is 8.56. The Kier molecular flexibility index (Phi) is 2.39. The molecule has 0 spiro atoms. The van der Waals surface area contributed by atoms with Crippen molar-refractivity contribution < 1.29 is 19.1 Å². The minimum atomic E-state index is -0.845. The summed E-state index contributed by atoms with van der Waals surface area (Å²) in [7, 11) is 0. The van der Waals surface area contributed by atoms with E-state index >= 15 is 0 Å². The number of primary amides is 1. The first-order valence-electron chi connectivity index (χ1n) is 4.40. The van der Waals surface area contributed by atoms with E-state index in [0.29, 0.717) is 5.75 Å². The molecule has 0 saturated carbocycles. The number of para-hydroxylation sites is 1. The lowest BCUT2D eigenvalue weighted by atomic mass is 10.3. The molecule has 78 valence electrons. The first-order valence-corrected chi connectivity index (χ1v) is 4.40. The number of benzene rings is 1. The fourth-order valence-electron chi connectivity index (χ4n) is 1.17. The largest absolute Gasteiger partial charge is 0.425 e. The zero-order valence-electron chi connectivity index (χ0n) is 7.75. The molecule has 15 heavy (non-hydrogen) atoms. The van der Waals surface area contributed by atoms with Crippen molar-refractivity contribution in [1.29, 1.82) is 0 Å². The molecule has 0 radical (unpaired) electrons. The van der Waals surface area contributed by atoms with Gasteiger partial charge >= 0.3 is 5.97 Å². The van der Waals surface area contributed by atoms with Gasteiger partial charge in [-0.15, -0.1) is 0 Å². The third-order valence-electron chi connectivity index (χ3n) is 1.97. The van der Waals surface area contributed by atoms with Crippen molar-refractivity contribution in [3.8, 4) is 5.75 Å². The van der Waals surface area contributed by atoms with Gasteiger partial charge < -0.3 is 15.2 Å². The van der Waals surface area contributed by atoms with Gasteiger partial charge in [0.15, 0.2) is 12.2 Å². The predicted octanol–water partition coefficient (Wildman–Crippen LogP) is -0.155. The zero-order valence-corrected chi connectivity index (χ0v) is 7.75. The summed E-state index contributed by atoms with van der Waals surface area (Å²) in [5, 5.41) is 0. The number of rotatable bonds is 3. The van der Waals surface area contributed by atoms with E-state index in [4.69, 9.17) is 15.2 Å². The highest BCUT2D eigenvalue weighted by Crippen LogP contribution is 2.23.